The molecule has 2 amide bonds. The predicted molar refractivity (Wildman–Crippen MR) is 92.5 cm³/mol. The van der Waals surface area contributed by atoms with Gasteiger partial charge in [-0.1, -0.05) is 25.3 Å². The van der Waals surface area contributed by atoms with Gasteiger partial charge in [0, 0.05) is 23.3 Å². The van der Waals surface area contributed by atoms with Gasteiger partial charge in [-0.3, -0.25) is 9.59 Å². The Morgan fingerprint density at radius 2 is 1.91 bits per heavy atom. The van der Waals surface area contributed by atoms with E-state index in [9.17, 15) is 9.59 Å². The average molecular weight is 317 g/mol. The summed E-state index contributed by atoms with van der Waals surface area (Å²) in [4.78, 5) is 24.0. The number of carbonyl (C=O) groups excluding carboxylic acids is 2. The first kappa shape index (κ1) is 17.3. The summed E-state index contributed by atoms with van der Waals surface area (Å²) in [5, 5.41) is 8.99. The zero-order valence-electron chi connectivity index (χ0n) is 14.0. The fourth-order valence-corrected chi connectivity index (χ4v) is 2.84. The lowest BCUT2D eigenvalue weighted by molar-refractivity contribution is -0.119. The summed E-state index contributed by atoms with van der Waals surface area (Å²) in [6.07, 6.45) is 5.79. The standard InChI is InChI=1S/C18H27N3O2/c1-13(2)20-17(22)12-19-16-10-6-7-14(11-16)18(23)21-15-8-4-3-5-9-15/h6-7,10-11,13,15,19H,3-5,8-9,12H2,1-2H3,(H,20,22)(H,21,23). The van der Waals surface area contributed by atoms with Crippen LogP contribution < -0.4 is 16.0 Å². The molecule has 1 aromatic rings. The second-order valence-corrected chi connectivity index (χ2v) is 6.46. The fourth-order valence-electron chi connectivity index (χ4n) is 2.84. The van der Waals surface area contributed by atoms with Crippen LogP contribution in [0.4, 0.5) is 5.69 Å². The predicted octanol–water partition coefficient (Wildman–Crippen LogP) is 2.69. The topological polar surface area (TPSA) is 70.2 Å². The van der Waals surface area contributed by atoms with E-state index in [0.717, 1.165) is 18.5 Å². The van der Waals surface area contributed by atoms with Gasteiger partial charge in [0.15, 0.2) is 0 Å². The summed E-state index contributed by atoms with van der Waals surface area (Å²) in [5.74, 6) is -0.0933. The van der Waals surface area contributed by atoms with Crippen LogP contribution in [0.3, 0.4) is 0 Å². The molecular weight excluding hydrogens is 290 g/mol. The first-order chi connectivity index (χ1) is 11.0. The number of rotatable bonds is 6. The van der Waals surface area contributed by atoms with Crippen LogP contribution >= 0.6 is 0 Å². The van der Waals surface area contributed by atoms with Crippen molar-refractivity contribution in [2.75, 3.05) is 11.9 Å². The Morgan fingerprint density at radius 3 is 2.61 bits per heavy atom. The smallest absolute Gasteiger partial charge is 0.251 e. The van der Waals surface area contributed by atoms with Crippen LogP contribution in [0, 0.1) is 0 Å². The molecule has 5 heteroatoms. The summed E-state index contributed by atoms with van der Waals surface area (Å²) in [6.45, 7) is 4.05. The second kappa shape index (κ2) is 8.56. The van der Waals surface area contributed by atoms with Crippen molar-refractivity contribution < 1.29 is 9.59 Å². The number of nitrogens with one attached hydrogen (secondary N) is 3. The van der Waals surface area contributed by atoms with Gasteiger partial charge in [0.05, 0.1) is 6.54 Å². The van der Waals surface area contributed by atoms with Crippen molar-refractivity contribution in [3.05, 3.63) is 29.8 Å². The molecule has 0 atom stereocenters. The van der Waals surface area contributed by atoms with E-state index >= 15 is 0 Å². The SMILES string of the molecule is CC(C)NC(=O)CNc1cccc(C(=O)NC2CCCCC2)c1. The van der Waals surface area contributed by atoms with Gasteiger partial charge in [-0.15, -0.1) is 0 Å². The molecule has 1 aliphatic rings. The zero-order chi connectivity index (χ0) is 16.7. The Morgan fingerprint density at radius 1 is 1.17 bits per heavy atom. The highest BCUT2D eigenvalue weighted by atomic mass is 16.2. The minimum absolute atomic E-state index is 0.0350. The summed E-state index contributed by atoms with van der Waals surface area (Å²) >= 11 is 0. The van der Waals surface area contributed by atoms with Gasteiger partial charge in [-0.25, -0.2) is 0 Å². The molecule has 0 spiro atoms. The Hall–Kier alpha value is -2.04. The van der Waals surface area contributed by atoms with Crippen LogP contribution in [-0.2, 0) is 4.79 Å². The van der Waals surface area contributed by atoms with Crippen LogP contribution in [0.15, 0.2) is 24.3 Å². The highest BCUT2D eigenvalue weighted by Gasteiger charge is 2.16. The number of hydrogen-bond acceptors (Lipinski definition) is 3. The minimum atomic E-state index is -0.0583. The van der Waals surface area contributed by atoms with Crippen LogP contribution in [0.5, 0.6) is 0 Å². The molecular formula is C18H27N3O2. The highest BCUT2D eigenvalue weighted by molar-refractivity contribution is 5.95. The maximum Gasteiger partial charge on any atom is 0.251 e. The van der Waals surface area contributed by atoms with Gasteiger partial charge >= 0.3 is 0 Å². The Bertz CT molecular complexity index is 537. The van der Waals surface area contributed by atoms with Gasteiger partial charge in [-0.2, -0.15) is 0 Å². The van der Waals surface area contributed by atoms with Crippen LogP contribution in [0.1, 0.15) is 56.3 Å². The van der Waals surface area contributed by atoms with E-state index in [0.29, 0.717) is 11.6 Å². The number of amides is 2. The van der Waals surface area contributed by atoms with Gasteiger partial charge in [-0.05, 0) is 44.9 Å². The lowest BCUT2D eigenvalue weighted by Crippen LogP contribution is -2.36. The Kier molecular flexibility index (Phi) is 6.44. The fraction of sp³-hybridized carbons (Fsp3) is 0.556. The molecule has 1 aromatic carbocycles. The summed E-state index contributed by atoms with van der Waals surface area (Å²) < 4.78 is 0. The highest BCUT2D eigenvalue weighted by Crippen LogP contribution is 2.18. The molecule has 3 N–H and O–H groups in total. The normalized spacial score (nSPS) is 15.3. The van der Waals surface area contributed by atoms with Crippen molar-refractivity contribution in [1.82, 2.24) is 10.6 Å². The van der Waals surface area contributed by atoms with E-state index in [2.05, 4.69) is 16.0 Å². The quantitative estimate of drug-likeness (QED) is 0.755. The zero-order valence-corrected chi connectivity index (χ0v) is 14.0. The molecule has 0 aliphatic heterocycles. The van der Waals surface area contributed by atoms with E-state index in [1.165, 1.54) is 19.3 Å². The summed E-state index contributed by atoms with van der Waals surface area (Å²) in [6, 6.07) is 7.71. The maximum atomic E-state index is 12.3. The summed E-state index contributed by atoms with van der Waals surface area (Å²) in [7, 11) is 0. The molecule has 2 rings (SSSR count). The third kappa shape index (κ3) is 5.93. The van der Waals surface area contributed by atoms with Crippen molar-refractivity contribution in [1.29, 1.82) is 0 Å². The number of anilines is 1. The van der Waals surface area contributed by atoms with Gasteiger partial charge in [0.1, 0.15) is 0 Å². The van der Waals surface area contributed by atoms with E-state index in [-0.39, 0.29) is 24.4 Å². The number of hydrogen-bond donors (Lipinski definition) is 3. The van der Waals surface area contributed by atoms with Crippen LogP contribution in [0.25, 0.3) is 0 Å². The van der Waals surface area contributed by atoms with Crippen LogP contribution in [0.2, 0.25) is 0 Å². The Labute approximate surface area is 138 Å². The molecule has 0 saturated heterocycles. The molecule has 5 nitrogen and oxygen atoms in total. The summed E-state index contributed by atoms with van der Waals surface area (Å²) in [5.41, 5.74) is 1.41. The molecule has 1 fully saturated rings. The van der Waals surface area contributed by atoms with Gasteiger partial charge < -0.3 is 16.0 Å². The monoisotopic (exact) mass is 317 g/mol. The molecule has 1 saturated carbocycles. The third-order valence-electron chi connectivity index (χ3n) is 3.97. The largest absolute Gasteiger partial charge is 0.376 e. The first-order valence-electron chi connectivity index (χ1n) is 8.49. The molecule has 0 radical (unpaired) electrons. The van der Waals surface area contributed by atoms with Crippen molar-refractivity contribution >= 4 is 17.5 Å². The third-order valence-corrected chi connectivity index (χ3v) is 3.97. The van der Waals surface area contributed by atoms with E-state index in [1.807, 2.05) is 26.0 Å². The minimum Gasteiger partial charge on any atom is -0.376 e. The van der Waals surface area contributed by atoms with Gasteiger partial charge in [0.2, 0.25) is 5.91 Å². The van der Waals surface area contributed by atoms with Crippen LogP contribution in [-0.4, -0.2) is 30.4 Å². The van der Waals surface area contributed by atoms with Crippen molar-refractivity contribution in [3.8, 4) is 0 Å². The van der Waals surface area contributed by atoms with Crippen molar-refractivity contribution in [2.24, 2.45) is 0 Å². The lowest BCUT2D eigenvalue weighted by atomic mass is 9.95. The lowest BCUT2D eigenvalue weighted by Gasteiger charge is -2.22. The van der Waals surface area contributed by atoms with Crippen molar-refractivity contribution in [2.45, 2.75) is 58.0 Å². The Balaban J connectivity index is 1.88. The van der Waals surface area contributed by atoms with E-state index in [1.54, 1.807) is 12.1 Å². The van der Waals surface area contributed by atoms with Crippen molar-refractivity contribution in [3.63, 3.8) is 0 Å². The van der Waals surface area contributed by atoms with Gasteiger partial charge in [0.25, 0.3) is 5.91 Å². The molecule has 0 bridgehead atoms. The first-order valence-corrected chi connectivity index (χ1v) is 8.49. The molecule has 0 heterocycles. The van der Waals surface area contributed by atoms with E-state index in [4.69, 9.17) is 0 Å². The second-order valence-electron chi connectivity index (χ2n) is 6.46. The van der Waals surface area contributed by atoms with E-state index < -0.39 is 0 Å². The average Bonchev–Trinajstić information content (AvgIpc) is 2.53. The number of carbonyl (C=O) groups is 2. The molecule has 23 heavy (non-hydrogen) atoms. The molecule has 0 unspecified atom stereocenters. The molecule has 126 valence electrons. The molecule has 0 aromatic heterocycles. The molecule has 1 aliphatic carbocycles. The maximum absolute atomic E-state index is 12.3. The number of benzene rings is 1.